The lowest BCUT2D eigenvalue weighted by Gasteiger charge is -2.27. The maximum absolute atomic E-state index is 12.9. The van der Waals surface area contributed by atoms with Gasteiger partial charge in [0, 0.05) is 31.7 Å². The number of amides is 1. The van der Waals surface area contributed by atoms with Gasteiger partial charge in [0.05, 0.1) is 6.04 Å². The SMILES string of the molecule is O=C(c1ccccn1)N1[C@@H]2CC[C@H]1Cc1nn(CC3CC3)c(=O)n1C2. The average molecular weight is 339 g/mol. The maximum Gasteiger partial charge on any atom is 0.345 e. The van der Waals surface area contributed by atoms with Crippen molar-refractivity contribution in [3.8, 4) is 0 Å². The van der Waals surface area contributed by atoms with Gasteiger partial charge in [-0.1, -0.05) is 6.07 Å². The summed E-state index contributed by atoms with van der Waals surface area (Å²) in [5.41, 5.74) is 0.463. The molecular formula is C18H21N5O2. The van der Waals surface area contributed by atoms with E-state index in [9.17, 15) is 9.59 Å². The molecule has 1 saturated heterocycles. The van der Waals surface area contributed by atoms with E-state index >= 15 is 0 Å². The number of pyridine rings is 1. The molecule has 1 aliphatic carbocycles. The summed E-state index contributed by atoms with van der Waals surface area (Å²) in [5.74, 6) is 1.42. The molecule has 25 heavy (non-hydrogen) atoms. The first-order valence-electron chi connectivity index (χ1n) is 9.11. The second-order valence-electron chi connectivity index (χ2n) is 7.45. The molecule has 0 N–H and O–H groups in total. The van der Waals surface area contributed by atoms with Crippen molar-refractivity contribution in [2.45, 2.75) is 57.3 Å². The van der Waals surface area contributed by atoms with Crippen LogP contribution < -0.4 is 5.69 Å². The van der Waals surface area contributed by atoms with Crippen molar-refractivity contribution in [2.75, 3.05) is 0 Å². The third kappa shape index (κ3) is 2.49. The van der Waals surface area contributed by atoms with Crippen LogP contribution in [0.25, 0.3) is 0 Å². The predicted molar refractivity (Wildman–Crippen MR) is 90.1 cm³/mol. The second kappa shape index (κ2) is 5.54. The summed E-state index contributed by atoms with van der Waals surface area (Å²) in [4.78, 5) is 31.8. The van der Waals surface area contributed by atoms with Gasteiger partial charge in [0.25, 0.3) is 5.91 Å². The molecular weight excluding hydrogens is 318 g/mol. The highest BCUT2D eigenvalue weighted by Crippen LogP contribution is 2.32. The first kappa shape index (κ1) is 14.9. The minimum atomic E-state index is -0.0304. The van der Waals surface area contributed by atoms with Crippen molar-refractivity contribution in [1.29, 1.82) is 0 Å². The summed E-state index contributed by atoms with van der Waals surface area (Å²) < 4.78 is 3.44. The molecule has 2 fully saturated rings. The molecule has 0 unspecified atom stereocenters. The molecule has 0 aromatic carbocycles. The smallest absolute Gasteiger partial charge is 0.329 e. The number of rotatable bonds is 3. The van der Waals surface area contributed by atoms with E-state index in [1.165, 1.54) is 12.8 Å². The molecule has 1 saturated carbocycles. The molecule has 7 heteroatoms. The summed E-state index contributed by atoms with van der Waals surface area (Å²) in [6.07, 6.45) is 6.60. The maximum atomic E-state index is 12.9. The van der Waals surface area contributed by atoms with Gasteiger partial charge in [-0.3, -0.25) is 14.3 Å². The number of hydrogen-bond donors (Lipinski definition) is 0. The van der Waals surface area contributed by atoms with Gasteiger partial charge in [-0.25, -0.2) is 9.48 Å². The Labute approximate surface area is 145 Å². The van der Waals surface area contributed by atoms with E-state index in [1.54, 1.807) is 21.5 Å². The zero-order chi connectivity index (χ0) is 17.0. The van der Waals surface area contributed by atoms with Gasteiger partial charge in [0.15, 0.2) is 0 Å². The minimum Gasteiger partial charge on any atom is -0.329 e. The molecule has 5 rings (SSSR count). The zero-order valence-electron chi connectivity index (χ0n) is 14.0. The third-order valence-electron chi connectivity index (χ3n) is 5.68. The summed E-state index contributed by atoms with van der Waals surface area (Å²) in [7, 11) is 0. The van der Waals surface area contributed by atoms with Crippen LogP contribution in [0.2, 0.25) is 0 Å². The summed E-state index contributed by atoms with van der Waals surface area (Å²) >= 11 is 0. The number of nitrogens with zero attached hydrogens (tertiary/aromatic N) is 5. The highest BCUT2D eigenvalue weighted by Gasteiger charge is 2.42. The van der Waals surface area contributed by atoms with Crippen LogP contribution in [-0.2, 0) is 19.5 Å². The predicted octanol–water partition coefficient (Wildman–Crippen LogP) is 1.08. The van der Waals surface area contributed by atoms with Crippen molar-refractivity contribution in [1.82, 2.24) is 24.2 Å². The largest absolute Gasteiger partial charge is 0.345 e. The monoisotopic (exact) mass is 339 g/mol. The van der Waals surface area contributed by atoms with E-state index in [0.29, 0.717) is 24.6 Å². The lowest BCUT2D eigenvalue weighted by Crippen LogP contribution is -2.43. The molecule has 4 heterocycles. The number of carbonyl (C=O) groups is 1. The Hall–Kier alpha value is -2.44. The topological polar surface area (TPSA) is 73.0 Å². The second-order valence-corrected chi connectivity index (χ2v) is 7.45. The molecule has 2 aliphatic heterocycles. The van der Waals surface area contributed by atoms with Crippen molar-refractivity contribution < 1.29 is 4.79 Å². The fourth-order valence-electron chi connectivity index (χ4n) is 4.20. The minimum absolute atomic E-state index is 0.0142. The van der Waals surface area contributed by atoms with E-state index < -0.39 is 0 Å². The molecule has 2 aromatic rings. The molecule has 2 atom stereocenters. The van der Waals surface area contributed by atoms with E-state index in [-0.39, 0.29) is 23.7 Å². The van der Waals surface area contributed by atoms with Gasteiger partial charge in [-0.05, 0) is 43.7 Å². The van der Waals surface area contributed by atoms with Gasteiger partial charge in [-0.2, -0.15) is 5.10 Å². The summed E-state index contributed by atoms with van der Waals surface area (Å²) in [5, 5.41) is 4.59. The van der Waals surface area contributed by atoms with Crippen LogP contribution in [-0.4, -0.2) is 42.2 Å². The fourth-order valence-corrected chi connectivity index (χ4v) is 4.20. The van der Waals surface area contributed by atoms with Gasteiger partial charge in [-0.15, -0.1) is 0 Å². The van der Waals surface area contributed by atoms with Gasteiger partial charge >= 0.3 is 5.69 Å². The molecule has 3 aliphatic rings. The molecule has 2 bridgehead atoms. The van der Waals surface area contributed by atoms with Crippen LogP contribution in [0.4, 0.5) is 0 Å². The van der Waals surface area contributed by atoms with Gasteiger partial charge < -0.3 is 4.90 Å². The third-order valence-corrected chi connectivity index (χ3v) is 5.68. The van der Waals surface area contributed by atoms with Crippen LogP contribution in [0.15, 0.2) is 29.2 Å². The Morgan fingerprint density at radius 2 is 2.00 bits per heavy atom. The molecule has 130 valence electrons. The van der Waals surface area contributed by atoms with Crippen molar-refractivity contribution in [3.05, 3.63) is 46.4 Å². The Kier molecular flexibility index (Phi) is 3.29. The molecule has 0 radical (unpaired) electrons. The Morgan fingerprint density at radius 1 is 1.16 bits per heavy atom. The van der Waals surface area contributed by atoms with Crippen molar-refractivity contribution in [3.63, 3.8) is 0 Å². The summed E-state index contributed by atoms with van der Waals surface area (Å²) in [6.45, 7) is 1.29. The number of carbonyl (C=O) groups excluding carboxylic acids is 1. The first-order chi connectivity index (χ1) is 12.2. The number of aromatic nitrogens is 4. The standard InChI is InChI=1S/C18H21N5O2/c24-17(15-3-1-2-8-19-15)23-13-6-7-14(23)11-21-16(9-13)20-22(18(21)25)10-12-4-5-12/h1-3,8,12-14H,4-7,9-11H2/t13-,14+/m0/s1. The first-order valence-corrected chi connectivity index (χ1v) is 9.11. The van der Waals surface area contributed by atoms with E-state index in [2.05, 4.69) is 10.1 Å². The summed E-state index contributed by atoms with van der Waals surface area (Å²) in [6, 6.07) is 5.56. The van der Waals surface area contributed by atoms with Crippen LogP contribution in [0, 0.1) is 5.92 Å². The Bertz CT molecular complexity index is 867. The van der Waals surface area contributed by atoms with Crippen LogP contribution in [0.1, 0.15) is 42.0 Å². The van der Waals surface area contributed by atoms with Gasteiger partial charge in [0.1, 0.15) is 11.5 Å². The lowest BCUT2D eigenvalue weighted by atomic mass is 10.1. The van der Waals surface area contributed by atoms with Crippen LogP contribution in [0.5, 0.6) is 0 Å². The van der Waals surface area contributed by atoms with E-state index in [1.807, 2.05) is 17.0 Å². The van der Waals surface area contributed by atoms with E-state index in [0.717, 1.165) is 25.2 Å². The number of fused-ring (bicyclic) bond motifs is 3. The highest BCUT2D eigenvalue weighted by molar-refractivity contribution is 5.93. The Balaban J connectivity index is 1.45. The van der Waals surface area contributed by atoms with Crippen LogP contribution >= 0.6 is 0 Å². The molecule has 1 amide bonds. The number of hydrogen-bond acceptors (Lipinski definition) is 4. The lowest BCUT2D eigenvalue weighted by molar-refractivity contribution is 0.0658. The van der Waals surface area contributed by atoms with Crippen molar-refractivity contribution >= 4 is 5.91 Å². The zero-order valence-corrected chi connectivity index (χ0v) is 14.0. The highest BCUT2D eigenvalue weighted by atomic mass is 16.2. The van der Waals surface area contributed by atoms with Crippen LogP contribution in [0.3, 0.4) is 0 Å². The Morgan fingerprint density at radius 3 is 2.76 bits per heavy atom. The average Bonchev–Trinajstić information content (AvgIpc) is 3.32. The quantitative estimate of drug-likeness (QED) is 0.839. The molecule has 2 aromatic heterocycles. The van der Waals surface area contributed by atoms with Crippen molar-refractivity contribution in [2.24, 2.45) is 5.92 Å². The fraction of sp³-hybridized carbons (Fsp3) is 0.556. The van der Waals surface area contributed by atoms with E-state index in [4.69, 9.17) is 0 Å². The van der Waals surface area contributed by atoms with Gasteiger partial charge in [0.2, 0.25) is 0 Å². The molecule has 7 nitrogen and oxygen atoms in total. The normalized spacial score (nSPS) is 24.9. The molecule has 0 spiro atoms.